The lowest BCUT2D eigenvalue weighted by Crippen LogP contribution is -2.07. The molecular weight excluding hydrogens is 326 g/mol. The fraction of sp³-hybridized carbons (Fsp3) is 0.0625. The summed E-state index contributed by atoms with van der Waals surface area (Å²) in [6.07, 6.45) is 0.520. The first kappa shape index (κ1) is 14.8. The summed E-state index contributed by atoms with van der Waals surface area (Å²) < 4.78 is 1.73. The van der Waals surface area contributed by atoms with Crippen molar-refractivity contribution in [1.82, 2.24) is 19.8 Å². The minimum atomic E-state index is -0.162. The highest BCUT2D eigenvalue weighted by atomic mass is 32.1. The first-order valence-electron chi connectivity index (χ1n) is 7.21. The van der Waals surface area contributed by atoms with Crippen LogP contribution in [0, 0.1) is 5.21 Å². The molecule has 7 nitrogen and oxygen atoms in total. The molecule has 3 aromatic heterocycles. The smallest absolute Gasteiger partial charge is 0.177 e. The fourth-order valence-electron chi connectivity index (χ4n) is 2.42. The van der Waals surface area contributed by atoms with E-state index in [1.165, 1.54) is 0 Å². The number of anilines is 1. The van der Waals surface area contributed by atoms with Gasteiger partial charge in [-0.2, -0.15) is 9.61 Å². The van der Waals surface area contributed by atoms with E-state index < -0.39 is 0 Å². The standard InChI is InChI=1S/C16H12N5O2S/c22-21(23)12-5-3-11(4-6-12)10-16-18-17-15-8-7-13(19-20(15)16)14-2-1-9-24-14/h1-9,22H,10H2/q-1. The lowest BCUT2D eigenvalue weighted by Gasteiger charge is -2.21. The van der Waals surface area contributed by atoms with Gasteiger partial charge in [0, 0.05) is 6.42 Å². The van der Waals surface area contributed by atoms with Gasteiger partial charge in [0.15, 0.2) is 11.5 Å². The van der Waals surface area contributed by atoms with E-state index in [1.54, 1.807) is 40.1 Å². The summed E-state index contributed by atoms with van der Waals surface area (Å²) in [6.45, 7) is 0. The van der Waals surface area contributed by atoms with Crippen molar-refractivity contribution in [2.24, 2.45) is 0 Å². The van der Waals surface area contributed by atoms with Crippen molar-refractivity contribution in [1.29, 1.82) is 0 Å². The molecule has 4 rings (SSSR count). The molecule has 0 aliphatic rings. The van der Waals surface area contributed by atoms with Crippen LogP contribution in [-0.4, -0.2) is 25.0 Å². The molecule has 0 fully saturated rings. The second kappa shape index (κ2) is 6.00. The molecule has 3 heterocycles. The minimum Gasteiger partial charge on any atom is -0.733 e. The van der Waals surface area contributed by atoms with Gasteiger partial charge in [0.1, 0.15) is 5.69 Å². The summed E-state index contributed by atoms with van der Waals surface area (Å²) in [4.78, 5) is 1.08. The SMILES string of the molecule is [O-]N(O)c1ccc(Cc2nnc3ccc(-c4cccs4)nn23)cc1. The van der Waals surface area contributed by atoms with Crippen LogP contribution >= 0.6 is 11.3 Å². The van der Waals surface area contributed by atoms with Crippen LogP contribution in [0.15, 0.2) is 53.9 Å². The molecule has 4 aromatic rings. The van der Waals surface area contributed by atoms with E-state index in [9.17, 15) is 5.21 Å². The molecule has 0 saturated carbocycles. The maximum absolute atomic E-state index is 10.8. The average molecular weight is 338 g/mol. The molecule has 0 spiro atoms. The van der Waals surface area contributed by atoms with Crippen LogP contribution in [-0.2, 0) is 6.42 Å². The third-order valence-electron chi connectivity index (χ3n) is 3.62. The van der Waals surface area contributed by atoms with Crippen molar-refractivity contribution in [2.45, 2.75) is 6.42 Å². The Balaban J connectivity index is 1.67. The molecule has 1 aromatic carbocycles. The van der Waals surface area contributed by atoms with E-state index in [-0.39, 0.29) is 10.9 Å². The number of rotatable bonds is 4. The van der Waals surface area contributed by atoms with Gasteiger partial charge in [-0.1, -0.05) is 18.2 Å². The van der Waals surface area contributed by atoms with E-state index in [0.29, 0.717) is 17.9 Å². The molecule has 0 amide bonds. The number of nitrogens with zero attached hydrogens (tertiary/aromatic N) is 5. The molecule has 0 bridgehead atoms. The Kier molecular flexibility index (Phi) is 3.69. The van der Waals surface area contributed by atoms with Gasteiger partial charge in [-0.15, -0.1) is 21.5 Å². The number of fused-ring (bicyclic) bond motifs is 1. The van der Waals surface area contributed by atoms with E-state index in [4.69, 9.17) is 5.21 Å². The summed E-state index contributed by atoms with van der Waals surface area (Å²) >= 11 is 1.63. The second-order valence-electron chi connectivity index (χ2n) is 5.20. The molecule has 0 radical (unpaired) electrons. The Bertz CT molecular complexity index is 964. The van der Waals surface area contributed by atoms with Gasteiger partial charge in [0.2, 0.25) is 0 Å². The molecule has 0 aliphatic carbocycles. The van der Waals surface area contributed by atoms with Crippen LogP contribution in [0.4, 0.5) is 5.69 Å². The summed E-state index contributed by atoms with van der Waals surface area (Å²) in [5, 5.41) is 34.5. The average Bonchev–Trinajstić information content (AvgIpc) is 3.25. The highest BCUT2D eigenvalue weighted by molar-refractivity contribution is 7.13. The van der Waals surface area contributed by atoms with Crippen LogP contribution in [0.25, 0.3) is 16.2 Å². The molecule has 0 aliphatic heterocycles. The quantitative estimate of drug-likeness (QED) is 0.575. The van der Waals surface area contributed by atoms with Crippen molar-refractivity contribution in [3.05, 3.63) is 70.5 Å². The molecule has 0 saturated heterocycles. The van der Waals surface area contributed by atoms with Crippen LogP contribution < -0.4 is 5.23 Å². The number of hydrogen-bond donors (Lipinski definition) is 1. The van der Waals surface area contributed by atoms with Crippen molar-refractivity contribution < 1.29 is 5.21 Å². The van der Waals surface area contributed by atoms with Crippen LogP contribution in [0.3, 0.4) is 0 Å². The van der Waals surface area contributed by atoms with Crippen molar-refractivity contribution >= 4 is 22.7 Å². The highest BCUT2D eigenvalue weighted by Crippen LogP contribution is 2.23. The van der Waals surface area contributed by atoms with Crippen LogP contribution in [0.1, 0.15) is 11.4 Å². The highest BCUT2D eigenvalue weighted by Gasteiger charge is 2.10. The van der Waals surface area contributed by atoms with Crippen molar-refractivity contribution in [3.63, 3.8) is 0 Å². The zero-order valence-electron chi connectivity index (χ0n) is 12.4. The molecule has 0 unspecified atom stereocenters. The third-order valence-corrected chi connectivity index (χ3v) is 4.51. The summed E-state index contributed by atoms with van der Waals surface area (Å²) in [7, 11) is 0. The first-order valence-corrected chi connectivity index (χ1v) is 8.09. The zero-order chi connectivity index (χ0) is 16.5. The van der Waals surface area contributed by atoms with Gasteiger partial charge in [-0.3, -0.25) is 5.21 Å². The van der Waals surface area contributed by atoms with Gasteiger partial charge in [-0.25, -0.2) is 0 Å². The summed E-state index contributed by atoms with van der Waals surface area (Å²) in [5.74, 6) is 0.708. The van der Waals surface area contributed by atoms with E-state index in [2.05, 4.69) is 15.3 Å². The first-order chi connectivity index (χ1) is 11.7. The number of hydrogen-bond acceptors (Lipinski definition) is 7. The normalized spacial score (nSPS) is 11.1. The lowest BCUT2D eigenvalue weighted by atomic mass is 10.1. The summed E-state index contributed by atoms with van der Waals surface area (Å²) in [5.41, 5.74) is 2.68. The predicted molar refractivity (Wildman–Crippen MR) is 91.0 cm³/mol. The van der Waals surface area contributed by atoms with Gasteiger partial charge >= 0.3 is 0 Å². The predicted octanol–water partition coefficient (Wildman–Crippen LogP) is 3.14. The molecular formula is C16H12N5O2S-. The Morgan fingerprint density at radius 1 is 1.08 bits per heavy atom. The fourth-order valence-corrected chi connectivity index (χ4v) is 3.11. The summed E-state index contributed by atoms with van der Waals surface area (Å²) in [6, 6.07) is 14.5. The number of benzene rings is 1. The largest absolute Gasteiger partial charge is 0.733 e. The van der Waals surface area contributed by atoms with E-state index in [0.717, 1.165) is 16.1 Å². The third kappa shape index (κ3) is 2.73. The van der Waals surface area contributed by atoms with Crippen LogP contribution in [0.2, 0.25) is 0 Å². The van der Waals surface area contributed by atoms with Gasteiger partial charge in [0.25, 0.3) is 0 Å². The van der Waals surface area contributed by atoms with Gasteiger partial charge in [-0.05, 0) is 41.3 Å². The maximum Gasteiger partial charge on any atom is 0.177 e. The Hall–Kier alpha value is -2.81. The minimum absolute atomic E-state index is 0.162. The van der Waals surface area contributed by atoms with Gasteiger partial charge < -0.3 is 10.4 Å². The van der Waals surface area contributed by atoms with Crippen molar-refractivity contribution in [3.8, 4) is 10.6 Å². The maximum atomic E-state index is 10.8. The van der Waals surface area contributed by atoms with Crippen molar-refractivity contribution in [2.75, 3.05) is 5.23 Å². The second-order valence-corrected chi connectivity index (χ2v) is 6.15. The van der Waals surface area contributed by atoms with Gasteiger partial charge in [0.05, 0.1) is 10.6 Å². The van der Waals surface area contributed by atoms with Crippen LogP contribution in [0.5, 0.6) is 0 Å². The lowest BCUT2D eigenvalue weighted by molar-refractivity contribution is 0.296. The molecule has 24 heavy (non-hydrogen) atoms. The van der Waals surface area contributed by atoms with E-state index in [1.807, 2.05) is 29.6 Å². The number of aromatic nitrogens is 4. The number of thiophene rings is 1. The Morgan fingerprint density at radius 2 is 1.92 bits per heavy atom. The molecule has 0 atom stereocenters. The van der Waals surface area contributed by atoms with E-state index >= 15 is 0 Å². The molecule has 1 N–H and O–H groups in total. The monoisotopic (exact) mass is 338 g/mol. The Morgan fingerprint density at radius 3 is 2.62 bits per heavy atom. The molecule has 120 valence electrons. The molecule has 8 heteroatoms. The topological polar surface area (TPSA) is 89.6 Å². The zero-order valence-corrected chi connectivity index (χ0v) is 13.2. The Labute approximate surface area is 141 Å².